The van der Waals surface area contributed by atoms with Crippen LogP contribution in [0.2, 0.25) is 0 Å². The number of aromatic nitrogens is 4. The van der Waals surface area contributed by atoms with E-state index < -0.39 is 0 Å². The Morgan fingerprint density at radius 1 is 1.21 bits per heavy atom. The molecule has 0 saturated carbocycles. The molecule has 0 spiro atoms. The summed E-state index contributed by atoms with van der Waals surface area (Å²) in [6, 6.07) is 8.36. The van der Waals surface area contributed by atoms with E-state index in [9.17, 15) is 4.79 Å². The molecule has 1 amide bonds. The van der Waals surface area contributed by atoms with Gasteiger partial charge < -0.3 is 15.0 Å². The number of amides is 1. The van der Waals surface area contributed by atoms with E-state index in [4.69, 9.17) is 14.7 Å². The van der Waals surface area contributed by atoms with Crippen LogP contribution in [0.5, 0.6) is 5.75 Å². The van der Waals surface area contributed by atoms with Crippen LogP contribution >= 0.6 is 0 Å². The van der Waals surface area contributed by atoms with Crippen molar-refractivity contribution in [2.45, 2.75) is 58.2 Å². The molecule has 0 unspecified atom stereocenters. The molecule has 4 heterocycles. The van der Waals surface area contributed by atoms with Gasteiger partial charge in [0.05, 0.1) is 31.9 Å². The second-order valence-corrected chi connectivity index (χ2v) is 9.63. The number of anilines is 1. The molecule has 2 fully saturated rings. The van der Waals surface area contributed by atoms with E-state index in [1.54, 1.807) is 11.6 Å². The van der Waals surface area contributed by atoms with Crippen LogP contribution in [0.15, 0.2) is 30.5 Å². The van der Waals surface area contributed by atoms with Crippen molar-refractivity contribution in [2.75, 3.05) is 32.1 Å². The minimum absolute atomic E-state index is 0.00215. The molecule has 5 rings (SSSR count). The van der Waals surface area contributed by atoms with E-state index in [-0.39, 0.29) is 6.04 Å². The van der Waals surface area contributed by atoms with Crippen LogP contribution in [-0.4, -0.2) is 68.1 Å². The van der Waals surface area contributed by atoms with Crippen LogP contribution in [0.25, 0.3) is 5.65 Å². The third-order valence-corrected chi connectivity index (χ3v) is 6.86. The molecular weight excluding hydrogens is 430 g/mol. The molecule has 2 saturated heterocycles. The topological polar surface area (TPSA) is 87.9 Å². The summed E-state index contributed by atoms with van der Waals surface area (Å²) in [5.74, 6) is 2.86. The molecule has 0 radical (unpaired) electrons. The van der Waals surface area contributed by atoms with Gasteiger partial charge in [0, 0.05) is 31.6 Å². The number of fused-ring (bicyclic) bond motifs is 1. The summed E-state index contributed by atoms with van der Waals surface area (Å²) in [5.41, 5.74) is 3.04. The molecular formula is C25H33N7O2. The highest BCUT2D eigenvalue weighted by molar-refractivity contribution is 5.78. The summed E-state index contributed by atoms with van der Waals surface area (Å²) in [6.45, 7) is 9.70. The van der Waals surface area contributed by atoms with Crippen molar-refractivity contribution in [2.24, 2.45) is 0 Å². The van der Waals surface area contributed by atoms with Crippen LogP contribution in [0.4, 0.5) is 5.95 Å². The largest absolute Gasteiger partial charge is 0.497 e. The monoisotopic (exact) mass is 463 g/mol. The normalized spacial score (nSPS) is 18.0. The highest BCUT2D eigenvalue weighted by atomic mass is 16.5. The zero-order chi connectivity index (χ0) is 23.8. The second-order valence-electron chi connectivity index (χ2n) is 9.63. The average molecular weight is 464 g/mol. The maximum atomic E-state index is 12.1. The van der Waals surface area contributed by atoms with Crippen molar-refractivity contribution in [1.29, 1.82) is 0 Å². The lowest BCUT2D eigenvalue weighted by molar-refractivity contribution is -0.133. The number of hydrogen-bond acceptors (Lipinski definition) is 7. The smallest absolute Gasteiger partial charge is 0.228 e. The van der Waals surface area contributed by atoms with Gasteiger partial charge in [-0.1, -0.05) is 26.0 Å². The van der Waals surface area contributed by atoms with Gasteiger partial charge in [0.25, 0.3) is 0 Å². The minimum atomic E-state index is 0.00215. The molecule has 9 heteroatoms. The Hall–Kier alpha value is -3.20. The van der Waals surface area contributed by atoms with Crippen LogP contribution in [-0.2, 0) is 11.3 Å². The van der Waals surface area contributed by atoms with Gasteiger partial charge in [-0.25, -0.2) is 4.98 Å². The lowest BCUT2D eigenvalue weighted by Gasteiger charge is -2.43. The van der Waals surface area contributed by atoms with Crippen molar-refractivity contribution >= 4 is 17.5 Å². The number of ether oxygens (including phenoxy) is 1. The maximum Gasteiger partial charge on any atom is 0.228 e. The number of nitrogens with one attached hydrogen (secondary N) is 1. The molecule has 1 N–H and O–H groups in total. The Labute approximate surface area is 200 Å². The van der Waals surface area contributed by atoms with Crippen LogP contribution in [0.1, 0.15) is 62.5 Å². The first-order valence-corrected chi connectivity index (χ1v) is 12.1. The van der Waals surface area contributed by atoms with Gasteiger partial charge in [-0.2, -0.15) is 14.6 Å². The van der Waals surface area contributed by atoms with E-state index in [2.05, 4.69) is 42.2 Å². The van der Waals surface area contributed by atoms with E-state index in [1.807, 2.05) is 29.3 Å². The van der Waals surface area contributed by atoms with Crippen molar-refractivity contribution in [1.82, 2.24) is 29.4 Å². The molecule has 2 aliphatic heterocycles. The lowest BCUT2D eigenvalue weighted by Crippen LogP contribution is -2.59. The molecule has 34 heavy (non-hydrogen) atoms. The fraction of sp³-hybridized carbons (Fsp3) is 0.520. The van der Waals surface area contributed by atoms with Crippen molar-refractivity contribution in [3.05, 3.63) is 47.4 Å². The summed E-state index contributed by atoms with van der Waals surface area (Å²) in [7, 11) is 1.68. The Morgan fingerprint density at radius 2 is 2.03 bits per heavy atom. The molecule has 2 aliphatic rings. The van der Waals surface area contributed by atoms with E-state index >= 15 is 0 Å². The molecule has 0 aliphatic carbocycles. The van der Waals surface area contributed by atoms with Crippen LogP contribution in [0, 0.1) is 0 Å². The Balaban J connectivity index is 1.38. The number of methoxy groups -OCH3 is 1. The number of carbonyl (C=O) groups excluding carboxylic acids is 1. The molecule has 2 aromatic heterocycles. The van der Waals surface area contributed by atoms with Gasteiger partial charge in [-0.3, -0.25) is 9.69 Å². The van der Waals surface area contributed by atoms with Gasteiger partial charge in [0.15, 0.2) is 5.65 Å². The first kappa shape index (κ1) is 22.6. The molecule has 0 bridgehead atoms. The number of likely N-dealkylation sites (tertiary alicyclic amines) is 2. The third-order valence-electron chi connectivity index (χ3n) is 6.86. The molecule has 9 nitrogen and oxygen atoms in total. The number of benzene rings is 1. The molecule has 180 valence electrons. The van der Waals surface area contributed by atoms with Crippen molar-refractivity contribution < 1.29 is 9.53 Å². The van der Waals surface area contributed by atoms with E-state index in [0.717, 1.165) is 54.4 Å². The van der Waals surface area contributed by atoms with Crippen LogP contribution in [0.3, 0.4) is 0 Å². The van der Waals surface area contributed by atoms with Gasteiger partial charge >= 0.3 is 0 Å². The summed E-state index contributed by atoms with van der Waals surface area (Å²) in [4.78, 5) is 26.2. The lowest BCUT2D eigenvalue weighted by atomic mass is 10.1. The third kappa shape index (κ3) is 4.32. The summed E-state index contributed by atoms with van der Waals surface area (Å²) < 4.78 is 7.19. The second kappa shape index (κ2) is 9.21. The highest BCUT2D eigenvalue weighted by Gasteiger charge is 2.36. The molecule has 1 atom stereocenters. The van der Waals surface area contributed by atoms with Gasteiger partial charge in [0.2, 0.25) is 11.9 Å². The first-order valence-electron chi connectivity index (χ1n) is 12.1. The van der Waals surface area contributed by atoms with Gasteiger partial charge in [0.1, 0.15) is 11.6 Å². The standard InChI is InChI=1S/C25H33N7O2/c1-16(2)21-12-26-32-24(21)28-22(15-30-13-19(14-30)31-10-6-9-23(31)33)29-25(32)27-17(3)18-7-5-8-20(11-18)34-4/h5,7-8,11-12,16-17,19H,6,9-10,13-15H2,1-4H3,(H,27,28,29)/t17-/m0/s1. The Kier molecular flexibility index (Phi) is 6.12. The summed E-state index contributed by atoms with van der Waals surface area (Å²) >= 11 is 0. The Morgan fingerprint density at radius 3 is 2.74 bits per heavy atom. The van der Waals surface area contributed by atoms with Crippen molar-refractivity contribution in [3.63, 3.8) is 0 Å². The zero-order valence-corrected chi connectivity index (χ0v) is 20.4. The highest BCUT2D eigenvalue weighted by Crippen LogP contribution is 2.26. The SMILES string of the molecule is COc1cccc([C@H](C)Nc2nc(CN3CC(N4CCCC4=O)C3)nc3c(C(C)C)cnn23)c1. The molecule has 3 aromatic rings. The minimum Gasteiger partial charge on any atom is -0.497 e. The summed E-state index contributed by atoms with van der Waals surface area (Å²) in [5, 5.41) is 8.13. The predicted octanol–water partition coefficient (Wildman–Crippen LogP) is 3.24. The molecule has 1 aromatic carbocycles. The number of rotatable bonds is 8. The fourth-order valence-electron chi connectivity index (χ4n) is 4.82. The Bertz CT molecular complexity index is 1190. The quantitative estimate of drug-likeness (QED) is 0.549. The number of carbonyl (C=O) groups is 1. The first-order chi connectivity index (χ1) is 16.4. The van der Waals surface area contributed by atoms with Crippen LogP contribution < -0.4 is 10.1 Å². The zero-order valence-electron chi connectivity index (χ0n) is 20.4. The number of hydrogen-bond donors (Lipinski definition) is 1. The van der Waals surface area contributed by atoms with E-state index in [0.29, 0.717) is 36.8 Å². The van der Waals surface area contributed by atoms with Crippen molar-refractivity contribution in [3.8, 4) is 5.75 Å². The average Bonchev–Trinajstić information content (AvgIpc) is 3.42. The number of nitrogens with zero attached hydrogens (tertiary/aromatic N) is 6. The van der Waals surface area contributed by atoms with E-state index in [1.165, 1.54) is 0 Å². The maximum absolute atomic E-state index is 12.1. The fourth-order valence-corrected chi connectivity index (χ4v) is 4.82. The predicted molar refractivity (Wildman–Crippen MR) is 130 cm³/mol. The van der Waals surface area contributed by atoms with Gasteiger partial charge in [-0.05, 0) is 37.0 Å². The summed E-state index contributed by atoms with van der Waals surface area (Å²) in [6.07, 6.45) is 3.56. The van der Waals surface area contributed by atoms with Gasteiger partial charge in [-0.15, -0.1) is 0 Å².